The van der Waals surface area contributed by atoms with E-state index in [9.17, 15) is 0 Å². The molecule has 1 fully saturated rings. The van der Waals surface area contributed by atoms with Gasteiger partial charge < -0.3 is 4.90 Å². The lowest BCUT2D eigenvalue weighted by Crippen LogP contribution is -2.31. The van der Waals surface area contributed by atoms with Crippen LogP contribution in [0.1, 0.15) is 19.3 Å². The minimum atomic E-state index is 0. The summed E-state index contributed by atoms with van der Waals surface area (Å²) in [4.78, 5) is 2.24. The fourth-order valence-electron chi connectivity index (χ4n) is 1.59. The molecular weight excluding hydrogens is 190 g/mol. The number of halogens is 1. The van der Waals surface area contributed by atoms with Gasteiger partial charge in [0.25, 0.3) is 0 Å². The highest BCUT2D eigenvalue weighted by molar-refractivity contribution is 5.85. The molecule has 2 rings (SSSR count). The van der Waals surface area contributed by atoms with Gasteiger partial charge in [-0.1, -0.05) is 5.10 Å². The maximum Gasteiger partial charge on any atom is 0.245 e. The molecule has 13 heavy (non-hydrogen) atoms. The zero-order chi connectivity index (χ0) is 8.39. The van der Waals surface area contributed by atoms with Gasteiger partial charge in [0.1, 0.15) is 0 Å². The van der Waals surface area contributed by atoms with Crippen molar-refractivity contribution >= 4 is 18.4 Å². The Hall–Kier alpha value is -0.840. The largest absolute Gasteiger partial charge is 0.340 e. The standard InChI is InChI=1S/C7H13N5.ClH/c1-11-7(8-9-10-11)12-5-3-2-4-6-12;/h2-6H2,1H3;1H. The molecule has 6 heteroatoms. The van der Waals surface area contributed by atoms with Crippen LogP contribution in [0.15, 0.2) is 0 Å². The van der Waals surface area contributed by atoms with Gasteiger partial charge in [-0.05, 0) is 29.7 Å². The van der Waals surface area contributed by atoms with Gasteiger partial charge in [-0.15, -0.1) is 12.4 Å². The van der Waals surface area contributed by atoms with Gasteiger partial charge in [-0.2, -0.15) is 0 Å². The van der Waals surface area contributed by atoms with Crippen molar-refractivity contribution in [2.24, 2.45) is 7.05 Å². The molecule has 1 aliphatic heterocycles. The predicted octanol–water partition coefficient (Wildman–Crippen LogP) is 0.622. The minimum Gasteiger partial charge on any atom is -0.340 e. The summed E-state index contributed by atoms with van der Waals surface area (Å²) in [5.74, 6) is 0.898. The summed E-state index contributed by atoms with van der Waals surface area (Å²) >= 11 is 0. The highest BCUT2D eigenvalue weighted by atomic mass is 35.5. The van der Waals surface area contributed by atoms with Gasteiger partial charge in [0.05, 0.1) is 0 Å². The molecule has 1 aromatic heterocycles. The van der Waals surface area contributed by atoms with Crippen molar-refractivity contribution in [3.8, 4) is 0 Å². The molecule has 0 amide bonds. The number of rotatable bonds is 1. The lowest BCUT2D eigenvalue weighted by molar-refractivity contribution is 0.556. The molecule has 5 nitrogen and oxygen atoms in total. The highest BCUT2D eigenvalue weighted by Gasteiger charge is 2.15. The van der Waals surface area contributed by atoms with Crippen molar-refractivity contribution in [2.75, 3.05) is 18.0 Å². The van der Waals surface area contributed by atoms with Crippen LogP contribution in [0.4, 0.5) is 5.95 Å². The molecule has 0 aromatic carbocycles. The average Bonchev–Trinajstić information content (AvgIpc) is 2.53. The molecule has 74 valence electrons. The topological polar surface area (TPSA) is 46.8 Å². The van der Waals surface area contributed by atoms with Gasteiger partial charge in [0.2, 0.25) is 5.95 Å². The number of tetrazole rings is 1. The molecule has 0 atom stereocenters. The maximum absolute atomic E-state index is 3.97. The van der Waals surface area contributed by atoms with Crippen molar-refractivity contribution < 1.29 is 0 Å². The van der Waals surface area contributed by atoms with Crippen LogP contribution in [0.25, 0.3) is 0 Å². The molecule has 0 saturated carbocycles. The number of hydrogen-bond donors (Lipinski definition) is 0. The third-order valence-corrected chi connectivity index (χ3v) is 2.24. The van der Waals surface area contributed by atoms with Gasteiger partial charge in [0, 0.05) is 20.1 Å². The lowest BCUT2D eigenvalue weighted by atomic mass is 10.1. The number of aromatic nitrogens is 4. The molecule has 1 saturated heterocycles. The molecule has 0 bridgehead atoms. The van der Waals surface area contributed by atoms with E-state index >= 15 is 0 Å². The van der Waals surface area contributed by atoms with Crippen molar-refractivity contribution in [1.29, 1.82) is 0 Å². The van der Waals surface area contributed by atoms with Crippen LogP contribution in [-0.2, 0) is 7.05 Å². The third-order valence-electron chi connectivity index (χ3n) is 2.24. The zero-order valence-electron chi connectivity index (χ0n) is 7.68. The van der Waals surface area contributed by atoms with Gasteiger partial charge in [-0.25, -0.2) is 4.68 Å². The van der Waals surface area contributed by atoms with E-state index in [-0.39, 0.29) is 12.4 Å². The smallest absolute Gasteiger partial charge is 0.245 e. The van der Waals surface area contributed by atoms with Crippen molar-refractivity contribution in [1.82, 2.24) is 20.2 Å². The molecule has 0 spiro atoms. The number of aryl methyl sites for hydroxylation is 1. The summed E-state index contributed by atoms with van der Waals surface area (Å²) in [5.41, 5.74) is 0. The van der Waals surface area contributed by atoms with E-state index in [4.69, 9.17) is 0 Å². The Balaban J connectivity index is 0.000000845. The SMILES string of the molecule is Cl.Cn1nnnc1N1CCCCC1. The molecule has 0 aliphatic carbocycles. The van der Waals surface area contributed by atoms with Crippen molar-refractivity contribution in [3.63, 3.8) is 0 Å². The first-order chi connectivity index (χ1) is 5.88. The molecule has 1 aliphatic rings. The molecule has 2 heterocycles. The van der Waals surface area contributed by atoms with E-state index in [1.807, 2.05) is 7.05 Å². The first kappa shape index (κ1) is 10.2. The number of piperidine rings is 1. The first-order valence-electron chi connectivity index (χ1n) is 4.35. The lowest BCUT2D eigenvalue weighted by Gasteiger charge is -2.26. The molecule has 0 unspecified atom stereocenters. The van der Waals surface area contributed by atoms with Crippen molar-refractivity contribution in [3.05, 3.63) is 0 Å². The van der Waals surface area contributed by atoms with Crippen LogP contribution in [0.2, 0.25) is 0 Å². The third kappa shape index (κ3) is 2.09. The van der Waals surface area contributed by atoms with Crippen LogP contribution >= 0.6 is 12.4 Å². The summed E-state index contributed by atoms with van der Waals surface area (Å²) in [5, 5.41) is 11.4. The predicted molar refractivity (Wildman–Crippen MR) is 52.1 cm³/mol. The first-order valence-corrected chi connectivity index (χ1v) is 4.35. The second-order valence-electron chi connectivity index (χ2n) is 3.15. The van der Waals surface area contributed by atoms with Crippen molar-refractivity contribution in [2.45, 2.75) is 19.3 Å². The fraction of sp³-hybridized carbons (Fsp3) is 0.857. The number of nitrogens with zero attached hydrogens (tertiary/aromatic N) is 5. The van der Waals surface area contributed by atoms with E-state index in [0.29, 0.717) is 0 Å². The average molecular weight is 204 g/mol. The second kappa shape index (κ2) is 4.41. The Morgan fingerprint density at radius 3 is 2.38 bits per heavy atom. The van der Waals surface area contributed by atoms with E-state index in [0.717, 1.165) is 19.0 Å². The Morgan fingerprint density at radius 1 is 1.15 bits per heavy atom. The van der Waals surface area contributed by atoms with E-state index in [1.165, 1.54) is 19.3 Å². The molecule has 0 radical (unpaired) electrons. The molecule has 1 aromatic rings. The molecular formula is C7H14ClN5. The van der Waals surface area contributed by atoms with Crippen LogP contribution < -0.4 is 4.90 Å². The van der Waals surface area contributed by atoms with E-state index < -0.39 is 0 Å². The van der Waals surface area contributed by atoms with Crippen LogP contribution in [-0.4, -0.2) is 33.3 Å². The summed E-state index contributed by atoms with van der Waals surface area (Å²) in [6, 6.07) is 0. The Morgan fingerprint density at radius 2 is 1.85 bits per heavy atom. The molecule has 0 N–H and O–H groups in total. The Kier molecular flexibility index (Phi) is 3.48. The Labute approximate surface area is 83.5 Å². The Bertz CT molecular complexity index is 255. The quantitative estimate of drug-likeness (QED) is 0.672. The monoisotopic (exact) mass is 203 g/mol. The fourth-order valence-corrected chi connectivity index (χ4v) is 1.59. The van der Waals surface area contributed by atoms with E-state index in [1.54, 1.807) is 4.68 Å². The normalized spacial score (nSPS) is 16.8. The minimum absolute atomic E-state index is 0. The van der Waals surface area contributed by atoms with E-state index in [2.05, 4.69) is 20.4 Å². The summed E-state index contributed by atoms with van der Waals surface area (Å²) in [6.07, 6.45) is 3.85. The number of anilines is 1. The summed E-state index contributed by atoms with van der Waals surface area (Å²) in [6.45, 7) is 2.18. The van der Waals surface area contributed by atoms with Crippen LogP contribution in [0, 0.1) is 0 Å². The summed E-state index contributed by atoms with van der Waals surface area (Å²) in [7, 11) is 1.88. The maximum atomic E-state index is 3.97. The summed E-state index contributed by atoms with van der Waals surface area (Å²) < 4.78 is 1.73. The zero-order valence-corrected chi connectivity index (χ0v) is 8.50. The van der Waals surface area contributed by atoms with Gasteiger partial charge in [-0.3, -0.25) is 0 Å². The second-order valence-corrected chi connectivity index (χ2v) is 3.15. The van der Waals surface area contributed by atoms with Gasteiger partial charge in [0.15, 0.2) is 0 Å². The van der Waals surface area contributed by atoms with Crippen LogP contribution in [0.3, 0.4) is 0 Å². The highest BCUT2D eigenvalue weighted by Crippen LogP contribution is 2.14. The van der Waals surface area contributed by atoms with Gasteiger partial charge >= 0.3 is 0 Å². The van der Waals surface area contributed by atoms with Crippen LogP contribution in [0.5, 0.6) is 0 Å². The number of hydrogen-bond acceptors (Lipinski definition) is 4.